The Hall–Kier alpha value is -2.17. The first-order chi connectivity index (χ1) is 8.56. The lowest BCUT2D eigenvalue weighted by atomic mass is 10.2. The first-order valence-corrected chi connectivity index (χ1v) is 5.49. The summed E-state index contributed by atoms with van der Waals surface area (Å²) >= 11 is 0. The molecule has 0 spiro atoms. The predicted molar refractivity (Wildman–Crippen MR) is 63.4 cm³/mol. The molecule has 0 bridgehead atoms. The lowest BCUT2D eigenvalue weighted by Crippen LogP contribution is -2.26. The maximum absolute atomic E-state index is 12.7. The Bertz CT molecular complexity index is 548. The number of carbonyl (C=O) groups is 1. The molecule has 0 saturated carbocycles. The van der Waals surface area contributed by atoms with E-state index in [0.717, 1.165) is 5.56 Å². The minimum absolute atomic E-state index is 0.226. The zero-order valence-electron chi connectivity index (χ0n) is 10.2. The van der Waals surface area contributed by atoms with Crippen molar-refractivity contribution >= 4 is 5.91 Å². The number of benzene rings is 1. The van der Waals surface area contributed by atoms with E-state index in [-0.39, 0.29) is 17.4 Å². The van der Waals surface area contributed by atoms with Crippen LogP contribution in [0.4, 0.5) is 4.39 Å². The van der Waals surface area contributed by atoms with E-state index in [1.807, 2.05) is 0 Å². The molecule has 2 rings (SSSR count). The topological polar surface area (TPSA) is 46.3 Å². The van der Waals surface area contributed by atoms with Crippen LogP contribution in [0, 0.1) is 12.7 Å². The number of carbonyl (C=O) groups excluding carboxylic acids is 1. The Morgan fingerprint density at radius 1 is 1.39 bits per heavy atom. The van der Waals surface area contributed by atoms with E-state index in [0.29, 0.717) is 12.3 Å². The van der Waals surface area contributed by atoms with Crippen molar-refractivity contribution < 1.29 is 13.7 Å². The van der Waals surface area contributed by atoms with Crippen LogP contribution in [0.1, 0.15) is 21.8 Å². The van der Waals surface area contributed by atoms with Gasteiger partial charge in [0.15, 0.2) is 5.69 Å². The van der Waals surface area contributed by atoms with Gasteiger partial charge in [0.05, 0.1) is 0 Å². The summed E-state index contributed by atoms with van der Waals surface area (Å²) in [5, 5.41) is 3.67. The Kier molecular flexibility index (Phi) is 3.41. The number of aryl methyl sites for hydroxylation is 1. The second kappa shape index (κ2) is 5.00. The molecule has 0 saturated heterocycles. The molecule has 5 heteroatoms. The molecule has 4 nitrogen and oxygen atoms in total. The van der Waals surface area contributed by atoms with Crippen molar-refractivity contribution in [3.63, 3.8) is 0 Å². The zero-order valence-corrected chi connectivity index (χ0v) is 10.2. The molecular formula is C13H13FN2O2. The molecule has 0 radical (unpaired) electrons. The largest absolute Gasteiger partial charge is 0.361 e. The van der Waals surface area contributed by atoms with E-state index in [1.54, 1.807) is 32.2 Å². The standard InChI is InChI=1S/C13H13FN2O2/c1-9-7-12(15-18-9)13(17)16(2)8-10-3-5-11(14)6-4-10/h3-7H,8H2,1-2H3. The second-order valence-electron chi connectivity index (χ2n) is 4.11. The van der Waals surface area contributed by atoms with Crippen molar-refractivity contribution in [3.05, 3.63) is 53.2 Å². The Labute approximate surface area is 104 Å². The molecule has 0 aliphatic carbocycles. The van der Waals surface area contributed by atoms with Gasteiger partial charge in [0, 0.05) is 19.7 Å². The second-order valence-corrected chi connectivity index (χ2v) is 4.11. The van der Waals surface area contributed by atoms with Gasteiger partial charge < -0.3 is 9.42 Å². The van der Waals surface area contributed by atoms with E-state index < -0.39 is 0 Å². The summed E-state index contributed by atoms with van der Waals surface area (Å²) in [4.78, 5) is 13.5. The molecule has 0 N–H and O–H groups in total. The van der Waals surface area contributed by atoms with Crippen molar-refractivity contribution in [2.75, 3.05) is 7.05 Å². The Morgan fingerprint density at radius 2 is 2.06 bits per heavy atom. The minimum Gasteiger partial charge on any atom is -0.361 e. The fourth-order valence-corrected chi connectivity index (χ4v) is 1.60. The minimum atomic E-state index is -0.292. The highest BCUT2D eigenvalue weighted by Gasteiger charge is 2.15. The van der Waals surface area contributed by atoms with E-state index >= 15 is 0 Å². The molecule has 18 heavy (non-hydrogen) atoms. The van der Waals surface area contributed by atoms with Crippen LogP contribution in [-0.2, 0) is 6.54 Å². The first-order valence-electron chi connectivity index (χ1n) is 5.49. The summed E-state index contributed by atoms with van der Waals surface area (Å²) in [5.74, 6) is 0.0737. The maximum Gasteiger partial charge on any atom is 0.276 e. The summed E-state index contributed by atoms with van der Waals surface area (Å²) in [5.41, 5.74) is 1.13. The predicted octanol–water partition coefficient (Wildman–Crippen LogP) is 2.39. The van der Waals surface area contributed by atoms with Crippen LogP contribution in [-0.4, -0.2) is 23.0 Å². The third-order valence-corrected chi connectivity index (χ3v) is 2.53. The monoisotopic (exact) mass is 248 g/mol. The molecule has 0 unspecified atom stereocenters. The van der Waals surface area contributed by atoms with Gasteiger partial charge in [0.2, 0.25) is 0 Å². The molecule has 1 aromatic heterocycles. The van der Waals surface area contributed by atoms with E-state index in [4.69, 9.17) is 4.52 Å². The van der Waals surface area contributed by atoms with Gasteiger partial charge in [0.25, 0.3) is 5.91 Å². The van der Waals surface area contributed by atoms with Crippen LogP contribution < -0.4 is 0 Å². The van der Waals surface area contributed by atoms with Gasteiger partial charge >= 0.3 is 0 Å². The number of halogens is 1. The normalized spacial score (nSPS) is 10.4. The molecule has 0 aliphatic rings. The molecular weight excluding hydrogens is 235 g/mol. The van der Waals surface area contributed by atoms with Crippen LogP contribution in [0.5, 0.6) is 0 Å². The molecule has 1 amide bonds. The smallest absolute Gasteiger partial charge is 0.276 e. The number of aromatic nitrogens is 1. The van der Waals surface area contributed by atoms with Crippen molar-refractivity contribution in [2.45, 2.75) is 13.5 Å². The van der Waals surface area contributed by atoms with Gasteiger partial charge in [-0.1, -0.05) is 17.3 Å². The van der Waals surface area contributed by atoms with Gasteiger partial charge in [-0.25, -0.2) is 4.39 Å². The van der Waals surface area contributed by atoms with Crippen LogP contribution in [0.2, 0.25) is 0 Å². The van der Waals surface area contributed by atoms with E-state index in [9.17, 15) is 9.18 Å². The number of amides is 1. The van der Waals surface area contributed by atoms with Gasteiger partial charge in [0.1, 0.15) is 11.6 Å². The van der Waals surface area contributed by atoms with Crippen LogP contribution in [0.3, 0.4) is 0 Å². The highest BCUT2D eigenvalue weighted by molar-refractivity contribution is 5.92. The average molecular weight is 248 g/mol. The highest BCUT2D eigenvalue weighted by Crippen LogP contribution is 2.09. The molecule has 0 fully saturated rings. The van der Waals surface area contributed by atoms with Crippen molar-refractivity contribution in [3.8, 4) is 0 Å². The Balaban J connectivity index is 2.05. The summed E-state index contributed by atoms with van der Waals surface area (Å²) in [7, 11) is 1.66. The average Bonchev–Trinajstić information content (AvgIpc) is 2.78. The molecule has 0 aliphatic heterocycles. The number of nitrogens with zero attached hydrogens (tertiary/aromatic N) is 2. The molecule has 94 valence electrons. The molecule has 1 aromatic carbocycles. The third-order valence-electron chi connectivity index (χ3n) is 2.53. The van der Waals surface area contributed by atoms with Crippen LogP contribution in [0.25, 0.3) is 0 Å². The summed E-state index contributed by atoms with van der Waals surface area (Å²) < 4.78 is 17.6. The van der Waals surface area contributed by atoms with E-state index in [1.165, 1.54) is 17.0 Å². The van der Waals surface area contributed by atoms with Crippen molar-refractivity contribution in [2.24, 2.45) is 0 Å². The summed E-state index contributed by atoms with van der Waals surface area (Å²) in [6.07, 6.45) is 0. The van der Waals surface area contributed by atoms with Crippen molar-refractivity contribution in [1.82, 2.24) is 10.1 Å². The lowest BCUT2D eigenvalue weighted by molar-refractivity contribution is 0.0774. The van der Waals surface area contributed by atoms with Crippen LogP contribution in [0.15, 0.2) is 34.9 Å². The summed E-state index contributed by atoms with van der Waals surface area (Å²) in [6, 6.07) is 7.62. The molecule has 1 heterocycles. The number of hydrogen-bond donors (Lipinski definition) is 0. The quantitative estimate of drug-likeness (QED) is 0.837. The first kappa shape index (κ1) is 12.3. The SMILES string of the molecule is Cc1cc(C(=O)N(C)Cc2ccc(F)cc2)no1. The zero-order chi connectivity index (χ0) is 13.1. The molecule has 0 atom stereocenters. The van der Waals surface area contributed by atoms with Gasteiger partial charge in [-0.15, -0.1) is 0 Å². The number of hydrogen-bond acceptors (Lipinski definition) is 3. The third kappa shape index (κ3) is 2.74. The lowest BCUT2D eigenvalue weighted by Gasteiger charge is -2.15. The fraction of sp³-hybridized carbons (Fsp3) is 0.231. The van der Waals surface area contributed by atoms with Gasteiger partial charge in [-0.05, 0) is 24.6 Å². The van der Waals surface area contributed by atoms with Crippen molar-refractivity contribution in [1.29, 1.82) is 0 Å². The fourth-order valence-electron chi connectivity index (χ4n) is 1.60. The highest BCUT2D eigenvalue weighted by atomic mass is 19.1. The van der Waals surface area contributed by atoms with Gasteiger partial charge in [-0.3, -0.25) is 4.79 Å². The van der Waals surface area contributed by atoms with Crippen LogP contribution >= 0.6 is 0 Å². The summed E-state index contributed by atoms with van der Waals surface area (Å²) in [6.45, 7) is 2.12. The molecule has 2 aromatic rings. The number of rotatable bonds is 3. The van der Waals surface area contributed by atoms with Gasteiger partial charge in [-0.2, -0.15) is 0 Å². The van der Waals surface area contributed by atoms with E-state index in [2.05, 4.69) is 5.16 Å². The maximum atomic E-state index is 12.7. The Morgan fingerprint density at radius 3 is 2.61 bits per heavy atom.